The molecule has 7 nitrogen and oxygen atoms in total. The van der Waals surface area contributed by atoms with Crippen LogP contribution in [-0.2, 0) is 26.2 Å². The molecule has 0 saturated heterocycles. The Morgan fingerprint density at radius 2 is 1.52 bits per heavy atom. The molecule has 40 heavy (non-hydrogen) atoms. The second kappa shape index (κ2) is 13.1. The first kappa shape index (κ1) is 30.9. The van der Waals surface area contributed by atoms with E-state index in [0.29, 0.717) is 12.1 Å². The standard InChI is InChI=1S/C32H41N3O4S/c1-8-30(32(37)33-22(2)3)34(20-27-11-9-10-24(5)18-27)31(36)21-35(28-15-14-25(6)26(7)19-28)40(38,39)29-16-12-23(4)13-17-29/h9-19,22,30H,8,20-21H2,1-7H3,(H,33,37)/t30-/m0/s1. The molecule has 0 aliphatic carbocycles. The number of aryl methyl sites for hydroxylation is 4. The van der Waals surface area contributed by atoms with Crippen LogP contribution in [0.25, 0.3) is 0 Å². The van der Waals surface area contributed by atoms with E-state index in [1.54, 1.807) is 36.4 Å². The van der Waals surface area contributed by atoms with Gasteiger partial charge in [0.05, 0.1) is 10.6 Å². The molecule has 0 aromatic heterocycles. The normalized spacial score (nSPS) is 12.2. The summed E-state index contributed by atoms with van der Waals surface area (Å²) < 4.78 is 29.1. The summed E-state index contributed by atoms with van der Waals surface area (Å²) in [5.74, 6) is -0.723. The highest BCUT2D eigenvalue weighted by Crippen LogP contribution is 2.27. The molecule has 0 heterocycles. The summed E-state index contributed by atoms with van der Waals surface area (Å²) in [5, 5.41) is 2.92. The molecule has 1 atom stereocenters. The molecule has 0 aliphatic rings. The Hall–Kier alpha value is -3.65. The fourth-order valence-electron chi connectivity index (χ4n) is 4.55. The van der Waals surface area contributed by atoms with E-state index in [2.05, 4.69) is 5.32 Å². The molecule has 0 unspecified atom stereocenters. The second-order valence-corrected chi connectivity index (χ2v) is 12.6. The molecule has 8 heteroatoms. The monoisotopic (exact) mass is 563 g/mol. The van der Waals surface area contributed by atoms with Crippen LogP contribution in [0.3, 0.4) is 0 Å². The van der Waals surface area contributed by atoms with Crippen molar-refractivity contribution in [1.29, 1.82) is 0 Å². The van der Waals surface area contributed by atoms with Crippen LogP contribution >= 0.6 is 0 Å². The SMILES string of the molecule is CC[C@@H](C(=O)NC(C)C)N(Cc1cccc(C)c1)C(=O)CN(c1ccc(C)c(C)c1)S(=O)(=O)c1ccc(C)cc1. The molecule has 0 fully saturated rings. The zero-order chi connectivity index (χ0) is 29.6. The van der Waals surface area contributed by atoms with Crippen LogP contribution in [0, 0.1) is 27.7 Å². The number of amides is 2. The van der Waals surface area contributed by atoms with E-state index in [0.717, 1.165) is 32.1 Å². The third-order valence-corrected chi connectivity index (χ3v) is 8.71. The van der Waals surface area contributed by atoms with E-state index in [1.165, 1.54) is 4.90 Å². The predicted molar refractivity (Wildman–Crippen MR) is 161 cm³/mol. The average molecular weight is 564 g/mol. The van der Waals surface area contributed by atoms with Crippen molar-refractivity contribution in [2.75, 3.05) is 10.8 Å². The fraction of sp³-hybridized carbons (Fsp3) is 0.375. The predicted octanol–water partition coefficient (Wildman–Crippen LogP) is 5.45. The Bertz CT molecular complexity index is 1450. The van der Waals surface area contributed by atoms with Crippen molar-refractivity contribution in [1.82, 2.24) is 10.2 Å². The summed E-state index contributed by atoms with van der Waals surface area (Å²) in [6, 6.07) is 18.8. The number of nitrogens with one attached hydrogen (secondary N) is 1. The molecule has 3 aromatic rings. The minimum atomic E-state index is -4.10. The van der Waals surface area contributed by atoms with Gasteiger partial charge < -0.3 is 10.2 Å². The zero-order valence-electron chi connectivity index (χ0n) is 24.6. The first-order valence-corrected chi connectivity index (χ1v) is 15.1. The van der Waals surface area contributed by atoms with E-state index >= 15 is 0 Å². The smallest absolute Gasteiger partial charge is 0.264 e. The van der Waals surface area contributed by atoms with Crippen LogP contribution < -0.4 is 9.62 Å². The van der Waals surface area contributed by atoms with Gasteiger partial charge in [-0.2, -0.15) is 0 Å². The Labute approximate surface area is 239 Å². The van der Waals surface area contributed by atoms with Crippen LogP contribution in [0.4, 0.5) is 5.69 Å². The number of hydrogen-bond acceptors (Lipinski definition) is 4. The van der Waals surface area contributed by atoms with Crippen LogP contribution in [0.1, 0.15) is 55.0 Å². The Balaban J connectivity index is 2.09. The maximum atomic E-state index is 14.1. The number of sulfonamides is 1. The van der Waals surface area contributed by atoms with E-state index in [-0.39, 0.29) is 23.4 Å². The molecule has 0 aliphatic heterocycles. The van der Waals surface area contributed by atoms with E-state index < -0.39 is 28.5 Å². The van der Waals surface area contributed by atoms with Crippen molar-refractivity contribution < 1.29 is 18.0 Å². The maximum Gasteiger partial charge on any atom is 0.264 e. The number of rotatable bonds is 11. The summed E-state index contributed by atoms with van der Waals surface area (Å²) >= 11 is 0. The molecule has 3 rings (SSSR count). The van der Waals surface area contributed by atoms with Crippen molar-refractivity contribution in [3.8, 4) is 0 Å². The van der Waals surface area contributed by atoms with Crippen molar-refractivity contribution in [3.05, 3.63) is 94.5 Å². The van der Waals surface area contributed by atoms with Gasteiger partial charge in [-0.1, -0.05) is 60.5 Å². The van der Waals surface area contributed by atoms with Gasteiger partial charge in [0.1, 0.15) is 12.6 Å². The molecular formula is C32H41N3O4S. The minimum absolute atomic E-state index is 0.0963. The first-order valence-electron chi connectivity index (χ1n) is 13.7. The minimum Gasteiger partial charge on any atom is -0.352 e. The van der Waals surface area contributed by atoms with Crippen LogP contribution in [0.15, 0.2) is 71.6 Å². The van der Waals surface area contributed by atoms with E-state index in [1.807, 2.05) is 78.8 Å². The third kappa shape index (κ3) is 7.50. The second-order valence-electron chi connectivity index (χ2n) is 10.7. The lowest BCUT2D eigenvalue weighted by Gasteiger charge is -2.33. The number of benzene rings is 3. The highest BCUT2D eigenvalue weighted by Gasteiger charge is 2.34. The van der Waals surface area contributed by atoms with Gasteiger partial charge in [-0.3, -0.25) is 13.9 Å². The number of nitrogens with zero attached hydrogens (tertiary/aromatic N) is 2. The summed E-state index contributed by atoms with van der Waals surface area (Å²) in [6.07, 6.45) is 0.379. The highest BCUT2D eigenvalue weighted by atomic mass is 32.2. The first-order chi connectivity index (χ1) is 18.8. The van der Waals surface area contributed by atoms with Crippen molar-refractivity contribution in [2.45, 2.75) is 78.4 Å². The average Bonchev–Trinajstić information content (AvgIpc) is 2.88. The molecule has 0 saturated carbocycles. The molecular weight excluding hydrogens is 522 g/mol. The Morgan fingerprint density at radius 1 is 0.850 bits per heavy atom. The topological polar surface area (TPSA) is 86.8 Å². The van der Waals surface area contributed by atoms with Crippen molar-refractivity contribution in [3.63, 3.8) is 0 Å². The van der Waals surface area contributed by atoms with Crippen LogP contribution in [-0.4, -0.2) is 43.8 Å². The molecule has 0 spiro atoms. The number of anilines is 1. The van der Waals surface area contributed by atoms with Gasteiger partial charge in [-0.05, 0) is 88.9 Å². The van der Waals surface area contributed by atoms with E-state index in [9.17, 15) is 18.0 Å². The molecule has 2 amide bonds. The van der Waals surface area contributed by atoms with Crippen LogP contribution in [0.2, 0.25) is 0 Å². The molecule has 0 bridgehead atoms. The quantitative estimate of drug-likeness (QED) is 0.336. The van der Waals surface area contributed by atoms with Gasteiger partial charge in [-0.25, -0.2) is 8.42 Å². The Morgan fingerprint density at radius 3 is 2.10 bits per heavy atom. The lowest BCUT2D eigenvalue weighted by atomic mass is 10.1. The summed E-state index contributed by atoms with van der Waals surface area (Å²) in [6.45, 7) is 13.0. The summed E-state index contributed by atoms with van der Waals surface area (Å²) in [5.41, 5.74) is 5.14. The largest absolute Gasteiger partial charge is 0.352 e. The van der Waals surface area contributed by atoms with Crippen molar-refractivity contribution in [2.24, 2.45) is 0 Å². The Kier molecular flexibility index (Phi) is 10.1. The van der Waals surface area contributed by atoms with Gasteiger partial charge in [-0.15, -0.1) is 0 Å². The zero-order valence-corrected chi connectivity index (χ0v) is 25.4. The highest BCUT2D eigenvalue weighted by molar-refractivity contribution is 7.92. The molecule has 3 aromatic carbocycles. The summed E-state index contributed by atoms with van der Waals surface area (Å²) in [7, 11) is -4.10. The molecule has 1 N–H and O–H groups in total. The third-order valence-electron chi connectivity index (χ3n) is 6.92. The van der Waals surface area contributed by atoms with Gasteiger partial charge >= 0.3 is 0 Å². The number of carbonyl (C=O) groups is 2. The van der Waals surface area contributed by atoms with Gasteiger partial charge in [0.25, 0.3) is 10.0 Å². The van der Waals surface area contributed by atoms with Gasteiger partial charge in [0.2, 0.25) is 11.8 Å². The number of carbonyl (C=O) groups excluding carboxylic acids is 2. The lowest BCUT2D eigenvalue weighted by Crippen LogP contribution is -2.53. The lowest BCUT2D eigenvalue weighted by molar-refractivity contribution is -0.140. The van der Waals surface area contributed by atoms with Gasteiger partial charge in [0, 0.05) is 12.6 Å². The van der Waals surface area contributed by atoms with Crippen molar-refractivity contribution >= 4 is 27.5 Å². The number of hydrogen-bond donors (Lipinski definition) is 1. The maximum absolute atomic E-state index is 14.1. The molecule has 214 valence electrons. The van der Waals surface area contributed by atoms with E-state index in [4.69, 9.17) is 0 Å². The van der Waals surface area contributed by atoms with Gasteiger partial charge in [0.15, 0.2) is 0 Å². The molecule has 0 radical (unpaired) electrons. The summed E-state index contributed by atoms with van der Waals surface area (Å²) in [4.78, 5) is 29.0. The fourth-order valence-corrected chi connectivity index (χ4v) is 5.96. The van der Waals surface area contributed by atoms with Crippen LogP contribution in [0.5, 0.6) is 0 Å².